The molecule has 0 spiro atoms. The van der Waals surface area contributed by atoms with E-state index in [-0.39, 0.29) is 0 Å². The Morgan fingerprint density at radius 2 is 1.45 bits per heavy atom. The van der Waals surface area contributed by atoms with Gasteiger partial charge in [0, 0.05) is 12.0 Å². The van der Waals surface area contributed by atoms with Gasteiger partial charge in [0.15, 0.2) is 0 Å². The second-order valence-electron chi connectivity index (χ2n) is 5.54. The molecule has 1 aromatic carbocycles. The first kappa shape index (κ1) is 16.8. The first-order valence-electron chi connectivity index (χ1n) is 8.45. The van der Waals surface area contributed by atoms with Crippen molar-refractivity contribution in [2.75, 3.05) is 0 Å². The monoisotopic (exact) mass is 270 g/mol. The standard InChI is InChI=1S/C20H30/c1-3-5-6-7-8-9-10-11-12-13-17-20-18-15-14-16-19(20)4-2/h14-16,18H,3-12H2,1-2H3. The van der Waals surface area contributed by atoms with Crippen LogP contribution in [0.4, 0.5) is 0 Å². The predicted molar refractivity (Wildman–Crippen MR) is 89.9 cm³/mol. The van der Waals surface area contributed by atoms with E-state index in [1.54, 1.807) is 0 Å². The van der Waals surface area contributed by atoms with Crippen molar-refractivity contribution in [3.8, 4) is 11.8 Å². The topological polar surface area (TPSA) is 0 Å². The summed E-state index contributed by atoms with van der Waals surface area (Å²) in [7, 11) is 0. The molecule has 0 amide bonds. The Morgan fingerprint density at radius 3 is 2.15 bits per heavy atom. The maximum atomic E-state index is 3.34. The lowest BCUT2D eigenvalue weighted by Crippen LogP contribution is -1.85. The number of benzene rings is 1. The van der Waals surface area contributed by atoms with Gasteiger partial charge in [0.2, 0.25) is 0 Å². The van der Waals surface area contributed by atoms with Crippen LogP contribution in [0.5, 0.6) is 0 Å². The van der Waals surface area contributed by atoms with Crippen molar-refractivity contribution in [1.29, 1.82) is 0 Å². The van der Waals surface area contributed by atoms with Crippen LogP contribution in [0.15, 0.2) is 24.3 Å². The quantitative estimate of drug-likeness (QED) is 0.374. The minimum atomic E-state index is 1.05. The smallest absolute Gasteiger partial charge is 0.0277 e. The van der Waals surface area contributed by atoms with E-state index in [0.717, 1.165) is 12.8 Å². The highest BCUT2D eigenvalue weighted by Gasteiger charge is 1.94. The van der Waals surface area contributed by atoms with Crippen LogP contribution in [-0.2, 0) is 6.42 Å². The summed E-state index contributed by atoms with van der Waals surface area (Å²) >= 11 is 0. The Morgan fingerprint density at radius 1 is 0.800 bits per heavy atom. The highest BCUT2D eigenvalue weighted by atomic mass is 14.0. The molecule has 110 valence electrons. The van der Waals surface area contributed by atoms with Crippen LogP contribution < -0.4 is 0 Å². The van der Waals surface area contributed by atoms with E-state index in [9.17, 15) is 0 Å². The average Bonchev–Trinajstić information content (AvgIpc) is 2.49. The van der Waals surface area contributed by atoms with E-state index in [2.05, 4.69) is 50.0 Å². The minimum Gasteiger partial charge on any atom is -0.0979 e. The van der Waals surface area contributed by atoms with E-state index in [0.29, 0.717) is 0 Å². The lowest BCUT2D eigenvalue weighted by molar-refractivity contribution is 0.579. The second-order valence-corrected chi connectivity index (χ2v) is 5.54. The largest absolute Gasteiger partial charge is 0.0979 e. The van der Waals surface area contributed by atoms with Crippen molar-refractivity contribution in [2.45, 2.75) is 78.1 Å². The molecule has 1 rings (SSSR count). The minimum absolute atomic E-state index is 1.05. The van der Waals surface area contributed by atoms with Crippen LogP contribution in [0.3, 0.4) is 0 Å². The average molecular weight is 270 g/mol. The van der Waals surface area contributed by atoms with Gasteiger partial charge in [-0.1, -0.05) is 88.8 Å². The molecular formula is C20H30. The van der Waals surface area contributed by atoms with Gasteiger partial charge in [-0.3, -0.25) is 0 Å². The van der Waals surface area contributed by atoms with Gasteiger partial charge < -0.3 is 0 Å². The zero-order valence-corrected chi connectivity index (χ0v) is 13.4. The number of aryl methyl sites for hydroxylation is 1. The van der Waals surface area contributed by atoms with Gasteiger partial charge in [0.1, 0.15) is 0 Å². The zero-order valence-electron chi connectivity index (χ0n) is 13.4. The van der Waals surface area contributed by atoms with Crippen LogP contribution in [0.25, 0.3) is 0 Å². The maximum Gasteiger partial charge on any atom is 0.0277 e. The highest BCUT2D eigenvalue weighted by Crippen LogP contribution is 2.10. The molecule has 0 aliphatic carbocycles. The summed E-state index contributed by atoms with van der Waals surface area (Å²) in [5, 5.41) is 0. The number of rotatable bonds is 9. The summed E-state index contributed by atoms with van der Waals surface area (Å²) in [5.41, 5.74) is 2.59. The van der Waals surface area contributed by atoms with Gasteiger partial charge in [-0.25, -0.2) is 0 Å². The first-order chi connectivity index (χ1) is 9.88. The number of unbranched alkanes of at least 4 members (excludes halogenated alkanes) is 8. The first-order valence-corrected chi connectivity index (χ1v) is 8.45. The van der Waals surface area contributed by atoms with Crippen molar-refractivity contribution in [3.63, 3.8) is 0 Å². The molecule has 20 heavy (non-hydrogen) atoms. The van der Waals surface area contributed by atoms with Crippen molar-refractivity contribution in [2.24, 2.45) is 0 Å². The van der Waals surface area contributed by atoms with E-state index in [4.69, 9.17) is 0 Å². The Kier molecular flexibility index (Phi) is 9.76. The summed E-state index contributed by atoms with van der Waals surface area (Å²) in [6.45, 7) is 4.47. The van der Waals surface area contributed by atoms with Crippen molar-refractivity contribution in [1.82, 2.24) is 0 Å². The van der Waals surface area contributed by atoms with Gasteiger partial charge in [-0.2, -0.15) is 0 Å². The van der Waals surface area contributed by atoms with Gasteiger partial charge >= 0.3 is 0 Å². The molecule has 1 aromatic rings. The van der Waals surface area contributed by atoms with E-state index < -0.39 is 0 Å². The summed E-state index contributed by atoms with van der Waals surface area (Å²) in [5.74, 6) is 6.67. The Labute approximate surface area is 126 Å². The van der Waals surface area contributed by atoms with Crippen molar-refractivity contribution < 1.29 is 0 Å². The molecule has 0 fully saturated rings. The molecule has 0 unspecified atom stereocenters. The van der Waals surface area contributed by atoms with E-state index in [1.807, 2.05) is 0 Å². The Balaban J connectivity index is 2.11. The molecule has 0 aliphatic heterocycles. The fraction of sp³-hybridized carbons (Fsp3) is 0.600. The van der Waals surface area contributed by atoms with Gasteiger partial charge in [0.05, 0.1) is 0 Å². The maximum absolute atomic E-state index is 3.34. The Hall–Kier alpha value is -1.22. The van der Waals surface area contributed by atoms with E-state index >= 15 is 0 Å². The Bertz CT molecular complexity index is 406. The SMILES string of the molecule is CCCCCCCCCCC#Cc1ccccc1CC. The second kappa shape index (κ2) is 11.6. The molecule has 0 saturated carbocycles. The van der Waals surface area contributed by atoms with Gasteiger partial charge in [0.25, 0.3) is 0 Å². The summed E-state index contributed by atoms with van der Waals surface area (Å²) in [4.78, 5) is 0. The van der Waals surface area contributed by atoms with Crippen LogP contribution in [0.1, 0.15) is 82.8 Å². The predicted octanol–water partition coefficient (Wildman–Crippen LogP) is 6.13. The fourth-order valence-electron chi connectivity index (χ4n) is 2.46. The van der Waals surface area contributed by atoms with Gasteiger partial charge in [-0.15, -0.1) is 0 Å². The van der Waals surface area contributed by atoms with Crippen LogP contribution >= 0.6 is 0 Å². The third-order valence-electron chi connectivity index (χ3n) is 3.78. The van der Waals surface area contributed by atoms with Gasteiger partial charge in [-0.05, 0) is 24.5 Å². The molecule has 0 bridgehead atoms. The third kappa shape index (κ3) is 7.39. The van der Waals surface area contributed by atoms with Crippen molar-refractivity contribution in [3.05, 3.63) is 35.4 Å². The highest BCUT2D eigenvalue weighted by molar-refractivity contribution is 5.41. The zero-order chi connectivity index (χ0) is 14.5. The molecule has 0 aliphatic rings. The molecule has 0 N–H and O–H groups in total. The molecule has 0 aromatic heterocycles. The normalized spacial score (nSPS) is 10.1. The molecule has 0 nitrogen and oxygen atoms in total. The molecular weight excluding hydrogens is 240 g/mol. The van der Waals surface area contributed by atoms with Crippen molar-refractivity contribution >= 4 is 0 Å². The fourth-order valence-corrected chi connectivity index (χ4v) is 2.46. The molecule has 0 saturated heterocycles. The molecule has 0 heteroatoms. The third-order valence-corrected chi connectivity index (χ3v) is 3.78. The summed E-state index contributed by atoms with van der Waals surface area (Å²) in [6.07, 6.45) is 13.1. The lowest BCUT2D eigenvalue weighted by Gasteiger charge is -2.00. The number of hydrogen-bond acceptors (Lipinski definition) is 0. The molecule has 0 heterocycles. The summed E-state index contributed by atoms with van der Waals surface area (Å²) in [6, 6.07) is 8.50. The summed E-state index contributed by atoms with van der Waals surface area (Å²) < 4.78 is 0. The number of hydrogen-bond donors (Lipinski definition) is 0. The molecule has 0 atom stereocenters. The molecule has 0 radical (unpaired) electrons. The lowest BCUT2D eigenvalue weighted by atomic mass is 10.1. The van der Waals surface area contributed by atoms with Crippen LogP contribution in [0, 0.1) is 11.8 Å². The van der Waals surface area contributed by atoms with Crippen LogP contribution in [0.2, 0.25) is 0 Å². The van der Waals surface area contributed by atoms with E-state index in [1.165, 1.54) is 62.5 Å². The van der Waals surface area contributed by atoms with Crippen LogP contribution in [-0.4, -0.2) is 0 Å².